The molecule has 0 saturated heterocycles. The van der Waals surface area contributed by atoms with Crippen LogP contribution in [0.3, 0.4) is 0 Å². The van der Waals surface area contributed by atoms with E-state index in [0.29, 0.717) is 0 Å². The summed E-state index contributed by atoms with van der Waals surface area (Å²) in [6, 6.07) is 7.63. The molecule has 1 aromatic heterocycles. The zero-order valence-electron chi connectivity index (χ0n) is 8.87. The van der Waals surface area contributed by atoms with Gasteiger partial charge in [0.1, 0.15) is 0 Å². The lowest BCUT2D eigenvalue weighted by atomic mass is 10.2. The third-order valence-electron chi connectivity index (χ3n) is 2.83. The van der Waals surface area contributed by atoms with Crippen molar-refractivity contribution in [1.29, 1.82) is 0 Å². The molecule has 16 heavy (non-hydrogen) atoms. The van der Waals surface area contributed by atoms with Gasteiger partial charge in [0.05, 0.1) is 0 Å². The Bertz CT molecular complexity index is 483. The molecule has 2 N–H and O–H groups in total. The molecule has 1 aromatic carbocycles. The number of hydrogen-bond acceptors (Lipinski definition) is 4. The van der Waals surface area contributed by atoms with Crippen LogP contribution < -0.4 is 5.73 Å². The lowest BCUT2D eigenvalue weighted by Gasteiger charge is -2.03. The van der Waals surface area contributed by atoms with Crippen molar-refractivity contribution in [3.63, 3.8) is 0 Å². The fourth-order valence-corrected chi connectivity index (χ4v) is 1.71. The number of nitrogen functional groups attached to an aromatic ring is 1. The first-order chi connectivity index (χ1) is 7.83. The molecule has 0 unspecified atom stereocenters. The van der Waals surface area contributed by atoms with E-state index in [1.165, 1.54) is 12.8 Å². The fraction of sp³-hybridized carbons (Fsp3) is 0.364. The van der Waals surface area contributed by atoms with Crippen LogP contribution in [0.25, 0.3) is 11.4 Å². The largest absolute Gasteiger partial charge is 0.399 e. The third-order valence-corrected chi connectivity index (χ3v) is 2.83. The average Bonchev–Trinajstić information content (AvgIpc) is 2.97. The summed E-state index contributed by atoms with van der Waals surface area (Å²) in [5.41, 5.74) is 7.42. The smallest absolute Gasteiger partial charge is 0.182 e. The van der Waals surface area contributed by atoms with Crippen LogP contribution in [-0.4, -0.2) is 20.2 Å². The number of aromatic nitrogens is 4. The zero-order chi connectivity index (χ0) is 11.0. The summed E-state index contributed by atoms with van der Waals surface area (Å²) in [5.74, 6) is 1.59. The van der Waals surface area contributed by atoms with Crippen LogP contribution in [0.15, 0.2) is 24.3 Å². The molecule has 0 aliphatic heterocycles. The van der Waals surface area contributed by atoms with E-state index in [1.807, 2.05) is 28.9 Å². The Hall–Kier alpha value is -1.91. The van der Waals surface area contributed by atoms with Crippen molar-refractivity contribution in [1.82, 2.24) is 20.2 Å². The maximum absolute atomic E-state index is 5.65. The first kappa shape index (κ1) is 9.33. The van der Waals surface area contributed by atoms with E-state index in [9.17, 15) is 0 Å². The van der Waals surface area contributed by atoms with E-state index in [2.05, 4.69) is 15.5 Å². The topological polar surface area (TPSA) is 69.6 Å². The number of benzene rings is 1. The molecule has 1 fully saturated rings. The third kappa shape index (κ3) is 1.76. The Morgan fingerprint density at radius 1 is 1.25 bits per heavy atom. The van der Waals surface area contributed by atoms with E-state index < -0.39 is 0 Å². The van der Waals surface area contributed by atoms with Crippen molar-refractivity contribution in [3.05, 3.63) is 24.3 Å². The van der Waals surface area contributed by atoms with Gasteiger partial charge in [0.25, 0.3) is 0 Å². The Kier molecular flexibility index (Phi) is 2.09. The van der Waals surface area contributed by atoms with Crippen molar-refractivity contribution in [2.75, 3.05) is 5.73 Å². The lowest BCUT2D eigenvalue weighted by Crippen LogP contribution is -2.04. The fourth-order valence-electron chi connectivity index (χ4n) is 1.71. The molecule has 0 spiro atoms. The molecule has 0 bridgehead atoms. The van der Waals surface area contributed by atoms with Crippen LogP contribution >= 0.6 is 0 Å². The first-order valence-corrected chi connectivity index (χ1v) is 5.45. The number of hydrogen-bond donors (Lipinski definition) is 1. The van der Waals surface area contributed by atoms with Crippen molar-refractivity contribution in [3.8, 4) is 11.4 Å². The summed E-state index contributed by atoms with van der Waals surface area (Å²) < 4.78 is 1.88. The Labute approximate surface area is 93.3 Å². The van der Waals surface area contributed by atoms with E-state index in [1.54, 1.807) is 0 Å². The van der Waals surface area contributed by atoms with E-state index in [-0.39, 0.29) is 0 Å². The van der Waals surface area contributed by atoms with Gasteiger partial charge < -0.3 is 5.73 Å². The van der Waals surface area contributed by atoms with Gasteiger partial charge >= 0.3 is 0 Å². The van der Waals surface area contributed by atoms with Crippen LogP contribution in [0.1, 0.15) is 12.8 Å². The van der Waals surface area contributed by atoms with Crippen molar-refractivity contribution in [2.24, 2.45) is 5.92 Å². The standard InChI is InChI=1S/C11H13N5/c12-10-5-3-9(4-6-10)11-13-14-15-16(11)7-8-1-2-8/h3-6,8H,1-2,7,12H2. The van der Waals surface area contributed by atoms with Crippen LogP contribution in [0, 0.1) is 5.92 Å². The van der Waals surface area contributed by atoms with Crippen LogP contribution in [0.2, 0.25) is 0 Å². The van der Waals surface area contributed by atoms with Gasteiger partial charge in [0, 0.05) is 17.8 Å². The summed E-state index contributed by atoms with van der Waals surface area (Å²) >= 11 is 0. The van der Waals surface area contributed by atoms with Crippen molar-refractivity contribution >= 4 is 5.69 Å². The predicted molar refractivity (Wildman–Crippen MR) is 60.4 cm³/mol. The lowest BCUT2D eigenvalue weighted by molar-refractivity contribution is 0.548. The van der Waals surface area contributed by atoms with Crippen LogP contribution in [0.4, 0.5) is 5.69 Å². The number of nitrogens with zero attached hydrogens (tertiary/aromatic N) is 4. The van der Waals surface area contributed by atoms with Gasteiger partial charge in [-0.15, -0.1) is 5.10 Å². The molecule has 5 nitrogen and oxygen atoms in total. The molecule has 3 rings (SSSR count). The molecule has 2 aromatic rings. The molecule has 82 valence electrons. The number of anilines is 1. The van der Waals surface area contributed by atoms with Gasteiger partial charge in [-0.05, 0) is 53.5 Å². The van der Waals surface area contributed by atoms with Crippen LogP contribution in [0.5, 0.6) is 0 Å². The number of rotatable bonds is 3. The molecule has 0 amide bonds. The minimum atomic E-state index is 0.755. The second-order valence-corrected chi connectivity index (χ2v) is 4.25. The van der Waals surface area contributed by atoms with Crippen molar-refractivity contribution in [2.45, 2.75) is 19.4 Å². The molecule has 1 aliphatic rings. The predicted octanol–water partition coefficient (Wildman–Crippen LogP) is 1.33. The van der Waals surface area contributed by atoms with Gasteiger partial charge in [-0.25, -0.2) is 4.68 Å². The maximum atomic E-state index is 5.65. The highest BCUT2D eigenvalue weighted by Gasteiger charge is 2.23. The summed E-state index contributed by atoms with van der Waals surface area (Å²) in [5, 5.41) is 11.8. The Morgan fingerprint density at radius 3 is 2.69 bits per heavy atom. The Balaban J connectivity index is 1.92. The van der Waals surface area contributed by atoms with Crippen LogP contribution in [-0.2, 0) is 6.54 Å². The molecular weight excluding hydrogens is 202 g/mol. The molecule has 0 atom stereocenters. The van der Waals surface area contributed by atoms with Gasteiger partial charge in [-0.1, -0.05) is 0 Å². The molecule has 1 aliphatic carbocycles. The summed E-state index contributed by atoms with van der Waals surface area (Å²) in [4.78, 5) is 0. The normalized spacial score (nSPS) is 15.2. The van der Waals surface area contributed by atoms with Gasteiger partial charge in [-0.3, -0.25) is 0 Å². The Morgan fingerprint density at radius 2 is 2.00 bits per heavy atom. The minimum absolute atomic E-state index is 0.755. The highest BCUT2D eigenvalue weighted by Crippen LogP contribution is 2.31. The van der Waals surface area contributed by atoms with Gasteiger partial charge in [-0.2, -0.15) is 0 Å². The highest BCUT2D eigenvalue weighted by molar-refractivity contribution is 5.58. The summed E-state index contributed by atoms with van der Waals surface area (Å²) in [7, 11) is 0. The second-order valence-electron chi connectivity index (χ2n) is 4.25. The molecule has 1 heterocycles. The monoisotopic (exact) mass is 215 g/mol. The second kappa shape index (κ2) is 3.59. The highest BCUT2D eigenvalue weighted by atomic mass is 15.5. The van der Waals surface area contributed by atoms with Gasteiger partial charge in [0.15, 0.2) is 5.82 Å². The van der Waals surface area contributed by atoms with E-state index in [0.717, 1.165) is 29.5 Å². The number of nitrogens with two attached hydrogens (primary N) is 1. The molecule has 5 heteroatoms. The van der Waals surface area contributed by atoms with E-state index in [4.69, 9.17) is 5.73 Å². The van der Waals surface area contributed by atoms with E-state index >= 15 is 0 Å². The minimum Gasteiger partial charge on any atom is -0.399 e. The average molecular weight is 215 g/mol. The SMILES string of the molecule is Nc1ccc(-c2nnnn2CC2CC2)cc1. The zero-order valence-corrected chi connectivity index (χ0v) is 8.87. The van der Waals surface area contributed by atoms with Crippen molar-refractivity contribution < 1.29 is 0 Å². The maximum Gasteiger partial charge on any atom is 0.182 e. The molecule has 0 radical (unpaired) electrons. The first-order valence-electron chi connectivity index (χ1n) is 5.45. The van der Waals surface area contributed by atoms with Gasteiger partial charge in [0.2, 0.25) is 0 Å². The number of tetrazole rings is 1. The quantitative estimate of drug-likeness (QED) is 0.784. The summed E-state index contributed by atoms with van der Waals surface area (Å²) in [6.07, 6.45) is 2.59. The molecule has 1 saturated carbocycles. The summed E-state index contributed by atoms with van der Waals surface area (Å²) in [6.45, 7) is 0.923. The molecular formula is C11H13N5.